The molecular formula is C20H28. The van der Waals surface area contributed by atoms with Gasteiger partial charge in [0.1, 0.15) is 0 Å². The standard InChI is InChI=1S/C20H28/c1-13-11-15(3)17(5)19(12-13)20(6,7)18-10-8-9-14(2)16(18)4/h8-10,12-13H,11H2,1-7H3. The van der Waals surface area contributed by atoms with Gasteiger partial charge in [-0.3, -0.25) is 0 Å². The monoisotopic (exact) mass is 268 g/mol. The van der Waals surface area contributed by atoms with Gasteiger partial charge in [-0.1, -0.05) is 50.6 Å². The second kappa shape index (κ2) is 5.24. The van der Waals surface area contributed by atoms with Gasteiger partial charge in [-0.15, -0.1) is 0 Å². The van der Waals surface area contributed by atoms with E-state index in [2.05, 4.69) is 72.7 Å². The summed E-state index contributed by atoms with van der Waals surface area (Å²) in [6, 6.07) is 6.70. The molecule has 0 bridgehead atoms. The predicted molar refractivity (Wildman–Crippen MR) is 89.2 cm³/mol. The lowest BCUT2D eigenvalue weighted by Gasteiger charge is -2.35. The number of benzene rings is 1. The highest BCUT2D eigenvalue weighted by Crippen LogP contribution is 2.42. The molecule has 0 heterocycles. The molecule has 0 saturated heterocycles. The van der Waals surface area contributed by atoms with Gasteiger partial charge in [0, 0.05) is 5.41 Å². The van der Waals surface area contributed by atoms with Crippen LogP contribution >= 0.6 is 0 Å². The smallest absolute Gasteiger partial charge is 0.0148 e. The first-order valence-corrected chi connectivity index (χ1v) is 7.71. The molecular weight excluding hydrogens is 240 g/mol. The van der Waals surface area contributed by atoms with Crippen molar-refractivity contribution in [2.45, 2.75) is 60.3 Å². The van der Waals surface area contributed by atoms with E-state index in [1.54, 1.807) is 5.57 Å². The molecule has 1 aromatic carbocycles. The molecule has 20 heavy (non-hydrogen) atoms. The van der Waals surface area contributed by atoms with Crippen LogP contribution in [0.3, 0.4) is 0 Å². The van der Waals surface area contributed by atoms with E-state index in [4.69, 9.17) is 0 Å². The van der Waals surface area contributed by atoms with E-state index >= 15 is 0 Å². The van der Waals surface area contributed by atoms with E-state index in [1.165, 1.54) is 34.3 Å². The number of allylic oxidation sites excluding steroid dienone is 4. The number of rotatable bonds is 2. The van der Waals surface area contributed by atoms with Crippen LogP contribution in [0.15, 0.2) is 41.0 Å². The van der Waals surface area contributed by atoms with Gasteiger partial charge in [0.15, 0.2) is 0 Å². The summed E-state index contributed by atoms with van der Waals surface area (Å²) in [7, 11) is 0. The van der Waals surface area contributed by atoms with Crippen LogP contribution in [-0.4, -0.2) is 0 Å². The zero-order valence-electron chi connectivity index (χ0n) is 14.1. The van der Waals surface area contributed by atoms with Crippen molar-refractivity contribution in [2.75, 3.05) is 0 Å². The zero-order chi connectivity index (χ0) is 15.1. The molecule has 0 fully saturated rings. The van der Waals surface area contributed by atoms with Crippen molar-refractivity contribution in [2.24, 2.45) is 5.92 Å². The summed E-state index contributed by atoms with van der Waals surface area (Å²) in [5.41, 5.74) is 8.92. The van der Waals surface area contributed by atoms with E-state index in [-0.39, 0.29) is 5.41 Å². The first-order chi connectivity index (χ1) is 9.25. The maximum Gasteiger partial charge on any atom is 0.0148 e. The highest BCUT2D eigenvalue weighted by Gasteiger charge is 2.31. The summed E-state index contributed by atoms with van der Waals surface area (Å²) in [5.74, 6) is 0.651. The highest BCUT2D eigenvalue weighted by molar-refractivity contribution is 5.51. The lowest BCUT2D eigenvalue weighted by Crippen LogP contribution is -2.25. The minimum absolute atomic E-state index is 0.0795. The molecule has 0 spiro atoms. The molecule has 0 radical (unpaired) electrons. The minimum Gasteiger partial charge on any atom is -0.0770 e. The number of hydrogen-bond donors (Lipinski definition) is 0. The molecule has 1 atom stereocenters. The molecule has 2 rings (SSSR count). The van der Waals surface area contributed by atoms with Crippen LogP contribution in [0.2, 0.25) is 0 Å². The largest absolute Gasteiger partial charge is 0.0770 e. The summed E-state index contributed by atoms with van der Waals surface area (Å²) < 4.78 is 0. The van der Waals surface area contributed by atoms with E-state index in [1.807, 2.05) is 0 Å². The van der Waals surface area contributed by atoms with Gasteiger partial charge in [0.2, 0.25) is 0 Å². The Labute approximate surface area is 124 Å². The van der Waals surface area contributed by atoms with Crippen molar-refractivity contribution in [1.82, 2.24) is 0 Å². The molecule has 1 aliphatic carbocycles. The van der Waals surface area contributed by atoms with Crippen LogP contribution in [0.4, 0.5) is 0 Å². The molecule has 0 N–H and O–H groups in total. The van der Waals surface area contributed by atoms with Gasteiger partial charge < -0.3 is 0 Å². The van der Waals surface area contributed by atoms with E-state index < -0.39 is 0 Å². The molecule has 0 heteroatoms. The van der Waals surface area contributed by atoms with Crippen molar-refractivity contribution in [3.63, 3.8) is 0 Å². The first-order valence-electron chi connectivity index (χ1n) is 7.71. The Bertz CT molecular complexity index is 582. The Hall–Kier alpha value is -1.30. The Balaban J connectivity index is 2.58. The molecule has 1 aromatic rings. The average Bonchev–Trinajstić information content (AvgIpc) is 2.36. The van der Waals surface area contributed by atoms with Crippen molar-refractivity contribution in [3.8, 4) is 0 Å². The van der Waals surface area contributed by atoms with Gasteiger partial charge in [-0.2, -0.15) is 0 Å². The van der Waals surface area contributed by atoms with Gasteiger partial charge in [0.25, 0.3) is 0 Å². The highest BCUT2D eigenvalue weighted by atomic mass is 14.3. The van der Waals surface area contributed by atoms with E-state index in [9.17, 15) is 0 Å². The third kappa shape index (κ3) is 2.49. The van der Waals surface area contributed by atoms with E-state index in [0.717, 1.165) is 0 Å². The Morgan fingerprint density at radius 1 is 1.05 bits per heavy atom. The van der Waals surface area contributed by atoms with Crippen LogP contribution in [0, 0.1) is 19.8 Å². The molecule has 0 nitrogen and oxygen atoms in total. The van der Waals surface area contributed by atoms with Crippen molar-refractivity contribution >= 4 is 0 Å². The topological polar surface area (TPSA) is 0 Å². The number of aryl methyl sites for hydroxylation is 1. The molecule has 0 saturated carbocycles. The normalized spacial score (nSPS) is 20.1. The lowest BCUT2D eigenvalue weighted by atomic mass is 9.69. The first kappa shape index (κ1) is 15.1. The average molecular weight is 268 g/mol. The van der Waals surface area contributed by atoms with Gasteiger partial charge in [-0.25, -0.2) is 0 Å². The van der Waals surface area contributed by atoms with Crippen molar-refractivity contribution in [1.29, 1.82) is 0 Å². The minimum atomic E-state index is 0.0795. The van der Waals surface area contributed by atoms with Crippen molar-refractivity contribution in [3.05, 3.63) is 57.7 Å². The molecule has 1 unspecified atom stereocenters. The number of hydrogen-bond acceptors (Lipinski definition) is 0. The zero-order valence-corrected chi connectivity index (χ0v) is 14.1. The summed E-state index contributed by atoms with van der Waals surface area (Å²) >= 11 is 0. The van der Waals surface area contributed by atoms with Gasteiger partial charge in [-0.05, 0) is 67.9 Å². The van der Waals surface area contributed by atoms with Crippen LogP contribution in [0.25, 0.3) is 0 Å². The summed E-state index contributed by atoms with van der Waals surface area (Å²) in [6.45, 7) is 16.1. The fourth-order valence-electron chi connectivity index (χ4n) is 3.58. The third-order valence-electron chi connectivity index (χ3n) is 5.07. The second-order valence-electron chi connectivity index (χ2n) is 7.04. The van der Waals surface area contributed by atoms with Gasteiger partial charge >= 0.3 is 0 Å². The van der Waals surface area contributed by atoms with Gasteiger partial charge in [0.05, 0.1) is 0 Å². The summed E-state index contributed by atoms with van der Waals surface area (Å²) in [4.78, 5) is 0. The molecule has 0 aromatic heterocycles. The Morgan fingerprint density at radius 3 is 2.35 bits per heavy atom. The maximum absolute atomic E-state index is 2.49. The van der Waals surface area contributed by atoms with E-state index in [0.29, 0.717) is 5.92 Å². The fraction of sp³-hybridized carbons (Fsp3) is 0.500. The Kier molecular flexibility index (Phi) is 3.95. The third-order valence-corrected chi connectivity index (χ3v) is 5.07. The lowest BCUT2D eigenvalue weighted by molar-refractivity contribution is 0.586. The van der Waals surface area contributed by atoms with Crippen molar-refractivity contribution < 1.29 is 0 Å². The molecule has 0 aliphatic heterocycles. The SMILES string of the molecule is CC1=C(C)C(C(C)(C)c2cccc(C)c2C)=CC(C)C1. The fourth-order valence-corrected chi connectivity index (χ4v) is 3.58. The molecule has 1 aliphatic rings. The van der Waals surface area contributed by atoms with Crippen LogP contribution < -0.4 is 0 Å². The predicted octanol–water partition coefficient (Wildman–Crippen LogP) is 5.88. The summed E-state index contributed by atoms with van der Waals surface area (Å²) in [6.07, 6.45) is 3.70. The Morgan fingerprint density at radius 2 is 1.70 bits per heavy atom. The van der Waals surface area contributed by atoms with Crippen LogP contribution in [0.5, 0.6) is 0 Å². The van der Waals surface area contributed by atoms with Crippen LogP contribution in [-0.2, 0) is 5.41 Å². The van der Waals surface area contributed by atoms with Crippen LogP contribution in [0.1, 0.15) is 57.7 Å². The molecule has 0 amide bonds. The quantitative estimate of drug-likeness (QED) is 0.628. The second-order valence-corrected chi connectivity index (χ2v) is 7.04. The molecule has 108 valence electrons. The maximum atomic E-state index is 2.49. The summed E-state index contributed by atoms with van der Waals surface area (Å²) in [5, 5.41) is 0.